The average molecular weight is 590 g/mol. The van der Waals surface area contributed by atoms with Gasteiger partial charge in [-0.1, -0.05) is 54.9 Å². The van der Waals surface area contributed by atoms with E-state index in [0.29, 0.717) is 5.69 Å². The number of hydrogen-bond donors (Lipinski definition) is 0. The first-order chi connectivity index (χ1) is 18.1. The fourth-order valence-electron chi connectivity index (χ4n) is 4.83. The molecule has 1 heterocycles. The first-order valence-corrected chi connectivity index (χ1v) is 14.9. The van der Waals surface area contributed by atoms with Gasteiger partial charge in [0.25, 0.3) is 5.69 Å². The number of halogens is 1. The topological polar surface area (TPSA) is 69.7 Å². The molecule has 0 aliphatic carbocycles. The van der Waals surface area contributed by atoms with Gasteiger partial charge >= 0.3 is 0 Å². The fourth-order valence-corrected chi connectivity index (χ4v) is 8.17. The second-order valence-corrected chi connectivity index (χ2v) is 14.4. The summed E-state index contributed by atoms with van der Waals surface area (Å²) in [4.78, 5) is 10.9. The van der Waals surface area contributed by atoms with Gasteiger partial charge in [-0.05, 0) is 67.6 Å². The zero-order valence-electron chi connectivity index (χ0n) is 21.8. The van der Waals surface area contributed by atoms with Gasteiger partial charge in [-0.2, -0.15) is 0 Å². The number of fused-ring (bicyclic) bond motifs is 3. The van der Waals surface area contributed by atoms with Crippen LogP contribution in [-0.2, 0) is 6.54 Å². The Balaban J connectivity index is 1.82. The van der Waals surface area contributed by atoms with Crippen LogP contribution in [0.1, 0.15) is 27.7 Å². The zero-order valence-corrected chi connectivity index (χ0v) is 24.2. The Morgan fingerprint density at radius 2 is 1.58 bits per heavy atom. The molecule has 4 aromatic carbocycles. The molecule has 6 nitrogen and oxygen atoms in total. The molecule has 8 heteroatoms. The van der Waals surface area contributed by atoms with Crippen LogP contribution in [0.15, 0.2) is 100 Å². The summed E-state index contributed by atoms with van der Waals surface area (Å²) in [6, 6.07) is 29.2. The highest BCUT2D eigenvalue weighted by molar-refractivity contribution is 9.10. The lowest BCUT2D eigenvalue weighted by Crippen LogP contribution is -2.27. The van der Waals surface area contributed by atoms with Crippen LogP contribution in [0.5, 0.6) is 5.75 Å². The van der Waals surface area contributed by atoms with E-state index in [4.69, 9.17) is 9.27 Å². The van der Waals surface area contributed by atoms with Crippen LogP contribution in [0.3, 0.4) is 0 Å². The van der Waals surface area contributed by atoms with E-state index in [-0.39, 0.29) is 5.69 Å². The van der Waals surface area contributed by atoms with E-state index < -0.39 is 17.4 Å². The first kappa shape index (κ1) is 26.2. The van der Waals surface area contributed by atoms with Gasteiger partial charge in [0.15, 0.2) is 7.28 Å². The number of para-hydroxylation sites is 1. The molecule has 0 bridgehead atoms. The molecule has 0 aliphatic heterocycles. The maximum absolute atomic E-state index is 11.3. The molecule has 0 amide bonds. The summed E-state index contributed by atoms with van der Waals surface area (Å²) in [7, 11) is -2.78. The van der Waals surface area contributed by atoms with Crippen LogP contribution in [0, 0.1) is 10.1 Å². The SMILES string of the molecule is CCn1c2ccccc2c2cc(P(=Nc3ccc([N+](=O)[O-])cc3)(Oc3ccc(Br)cc3)C(C)(C)C)ccc21. The fraction of sp³-hybridized carbons (Fsp3) is 0.200. The van der Waals surface area contributed by atoms with Crippen molar-refractivity contribution in [2.75, 3.05) is 0 Å². The van der Waals surface area contributed by atoms with Crippen LogP contribution in [0.25, 0.3) is 21.8 Å². The van der Waals surface area contributed by atoms with Crippen molar-refractivity contribution >= 4 is 61.7 Å². The minimum absolute atomic E-state index is 0.0336. The van der Waals surface area contributed by atoms with Crippen molar-refractivity contribution in [3.05, 3.63) is 106 Å². The van der Waals surface area contributed by atoms with E-state index in [1.165, 1.54) is 28.6 Å². The quantitative estimate of drug-likeness (QED) is 0.112. The number of nitro benzene ring substituents is 1. The van der Waals surface area contributed by atoms with Crippen LogP contribution in [0.4, 0.5) is 11.4 Å². The van der Waals surface area contributed by atoms with Crippen LogP contribution >= 0.6 is 23.2 Å². The Morgan fingerprint density at radius 1 is 0.921 bits per heavy atom. The van der Waals surface area contributed by atoms with Crippen LogP contribution < -0.4 is 9.83 Å². The van der Waals surface area contributed by atoms with Crippen molar-refractivity contribution in [1.29, 1.82) is 0 Å². The second kappa shape index (κ2) is 10.0. The summed E-state index contributed by atoms with van der Waals surface area (Å²) in [5.41, 5.74) is 3.05. The number of non-ortho nitro benzene ring substituents is 1. The normalized spacial score (nSPS) is 13.4. The smallest absolute Gasteiger partial charge is 0.269 e. The van der Waals surface area contributed by atoms with Crippen molar-refractivity contribution in [1.82, 2.24) is 4.57 Å². The third kappa shape index (κ3) is 4.65. The number of rotatable bonds is 6. The maximum atomic E-state index is 11.3. The lowest BCUT2D eigenvalue weighted by molar-refractivity contribution is -0.384. The Labute approximate surface area is 230 Å². The molecule has 5 aromatic rings. The van der Waals surface area contributed by atoms with E-state index in [1.807, 2.05) is 24.3 Å². The van der Waals surface area contributed by atoms with Gasteiger partial charge in [-0.15, -0.1) is 0 Å². The van der Waals surface area contributed by atoms with E-state index >= 15 is 0 Å². The van der Waals surface area contributed by atoms with Crippen molar-refractivity contribution in [2.45, 2.75) is 39.4 Å². The molecule has 0 saturated heterocycles. The predicted molar refractivity (Wildman–Crippen MR) is 161 cm³/mol. The number of aromatic nitrogens is 1. The van der Waals surface area contributed by atoms with Gasteiger partial charge in [0.2, 0.25) is 0 Å². The van der Waals surface area contributed by atoms with Crippen molar-refractivity contribution in [2.24, 2.45) is 4.74 Å². The third-order valence-electron chi connectivity index (χ3n) is 6.70. The molecule has 0 N–H and O–H groups in total. The Morgan fingerprint density at radius 3 is 2.21 bits per heavy atom. The Kier molecular flexibility index (Phi) is 6.93. The average Bonchev–Trinajstić information content (AvgIpc) is 3.22. The molecule has 0 spiro atoms. The number of aryl methyl sites for hydroxylation is 1. The highest BCUT2D eigenvalue weighted by Crippen LogP contribution is 2.62. The Hall–Kier alpha value is -3.41. The van der Waals surface area contributed by atoms with Crippen molar-refractivity contribution < 1.29 is 9.45 Å². The molecule has 5 rings (SSSR count). The molecule has 1 aromatic heterocycles. The number of nitro groups is 1. The van der Waals surface area contributed by atoms with Crippen LogP contribution in [-0.4, -0.2) is 14.6 Å². The summed E-state index contributed by atoms with van der Waals surface area (Å²) in [5.74, 6) is 0.721. The second-order valence-electron chi connectivity index (χ2n) is 10.1. The molecule has 0 saturated carbocycles. The van der Waals surface area contributed by atoms with Crippen LogP contribution in [0.2, 0.25) is 0 Å². The first-order valence-electron chi connectivity index (χ1n) is 12.5. The molecule has 1 unspecified atom stereocenters. The van der Waals surface area contributed by atoms with Gasteiger partial charge in [0, 0.05) is 55.4 Å². The molecule has 194 valence electrons. The molecule has 0 aliphatic rings. The number of hydrogen-bond acceptors (Lipinski definition) is 4. The summed E-state index contributed by atoms with van der Waals surface area (Å²) < 4.78 is 15.6. The van der Waals surface area contributed by atoms with E-state index in [9.17, 15) is 10.1 Å². The minimum atomic E-state index is -2.78. The van der Waals surface area contributed by atoms with E-state index in [1.54, 1.807) is 12.1 Å². The standard InChI is InChI=1S/C30H29BrN3O3P/c1-5-33-28-9-7-6-8-26(28)27-20-25(18-19-29(27)33)38(30(2,3)4,37-24-16-10-21(31)11-17-24)32-22-12-14-23(15-13-22)34(35)36/h6-20H,5H2,1-4H3. The molecular weight excluding hydrogens is 561 g/mol. The molecular formula is C30H29BrN3O3P. The summed E-state index contributed by atoms with van der Waals surface area (Å²) in [5, 5.41) is 14.2. The highest BCUT2D eigenvalue weighted by Gasteiger charge is 2.39. The van der Waals surface area contributed by atoms with Crippen molar-refractivity contribution in [3.63, 3.8) is 0 Å². The molecule has 38 heavy (non-hydrogen) atoms. The van der Waals surface area contributed by atoms with Gasteiger partial charge in [0.05, 0.1) is 10.6 Å². The van der Waals surface area contributed by atoms with E-state index in [2.05, 4.69) is 90.7 Å². The van der Waals surface area contributed by atoms with Crippen molar-refractivity contribution in [3.8, 4) is 5.75 Å². The van der Waals surface area contributed by atoms with Gasteiger partial charge in [-0.3, -0.25) is 10.1 Å². The lowest BCUT2D eigenvalue weighted by Gasteiger charge is -2.37. The van der Waals surface area contributed by atoms with Gasteiger partial charge in [-0.25, -0.2) is 4.74 Å². The predicted octanol–water partition coefficient (Wildman–Crippen LogP) is 9.44. The molecule has 1 atom stereocenters. The summed E-state index contributed by atoms with van der Waals surface area (Å²) in [6.45, 7) is 9.47. The lowest BCUT2D eigenvalue weighted by atomic mass is 10.1. The Bertz CT molecular complexity index is 1700. The minimum Gasteiger partial charge on any atom is -0.455 e. The summed E-state index contributed by atoms with van der Waals surface area (Å²) >= 11 is 3.51. The molecule has 0 fully saturated rings. The third-order valence-corrected chi connectivity index (χ3v) is 11.0. The van der Waals surface area contributed by atoms with Gasteiger partial charge < -0.3 is 9.09 Å². The largest absolute Gasteiger partial charge is 0.455 e. The van der Waals surface area contributed by atoms with Gasteiger partial charge in [0.1, 0.15) is 5.75 Å². The molecule has 0 radical (unpaired) electrons. The number of nitrogens with zero attached hydrogens (tertiary/aromatic N) is 3. The highest BCUT2D eigenvalue weighted by atomic mass is 79.9. The summed E-state index contributed by atoms with van der Waals surface area (Å²) in [6.07, 6.45) is 0. The number of benzene rings is 4. The zero-order chi connectivity index (χ0) is 27.1. The van der Waals surface area contributed by atoms with E-state index in [0.717, 1.165) is 27.5 Å². The maximum Gasteiger partial charge on any atom is 0.269 e. The monoisotopic (exact) mass is 589 g/mol.